The van der Waals surface area contributed by atoms with E-state index < -0.39 is 0 Å². The first-order valence-corrected chi connectivity index (χ1v) is 8.10. The number of hydrogen-bond donors (Lipinski definition) is 1. The Kier molecular flexibility index (Phi) is 5.68. The quantitative estimate of drug-likeness (QED) is 0.798. The molecule has 2 aromatic rings. The number of benzene rings is 2. The second kappa shape index (κ2) is 7.30. The van der Waals surface area contributed by atoms with Crippen molar-refractivity contribution < 1.29 is 0 Å². The standard InChI is InChI=1S/C17H20BrClN2/c1-12(20-2)14-7-8-17(16(18)10-14)21(3)11-13-5-4-6-15(19)9-13/h4-10,12,20H,11H2,1-3H3. The lowest BCUT2D eigenvalue weighted by atomic mass is 10.1. The zero-order valence-corrected chi connectivity index (χ0v) is 14.9. The number of rotatable bonds is 5. The van der Waals surface area contributed by atoms with Gasteiger partial charge in [0.1, 0.15) is 0 Å². The second-order valence-corrected chi connectivity index (χ2v) is 6.50. The fraction of sp³-hybridized carbons (Fsp3) is 0.294. The first kappa shape index (κ1) is 16.3. The topological polar surface area (TPSA) is 15.3 Å². The van der Waals surface area contributed by atoms with Crippen molar-refractivity contribution in [2.75, 3.05) is 19.0 Å². The molecule has 0 aliphatic rings. The molecule has 0 bridgehead atoms. The van der Waals surface area contributed by atoms with Crippen molar-refractivity contribution in [3.63, 3.8) is 0 Å². The van der Waals surface area contributed by atoms with E-state index in [9.17, 15) is 0 Å². The molecular weight excluding hydrogens is 348 g/mol. The van der Waals surface area contributed by atoms with Crippen LogP contribution in [0.15, 0.2) is 46.9 Å². The van der Waals surface area contributed by atoms with Crippen molar-refractivity contribution >= 4 is 33.2 Å². The van der Waals surface area contributed by atoms with E-state index in [1.807, 2.05) is 25.2 Å². The SMILES string of the molecule is CNC(C)c1ccc(N(C)Cc2cccc(Cl)c2)c(Br)c1. The van der Waals surface area contributed by atoms with Gasteiger partial charge in [0.15, 0.2) is 0 Å². The fourth-order valence-electron chi connectivity index (χ4n) is 2.26. The lowest BCUT2D eigenvalue weighted by molar-refractivity contribution is 0.652. The normalized spacial score (nSPS) is 12.2. The van der Waals surface area contributed by atoms with E-state index in [2.05, 4.69) is 64.4 Å². The maximum absolute atomic E-state index is 6.04. The van der Waals surface area contributed by atoms with E-state index in [0.29, 0.717) is 6.04 Å². The molecule has 4 heteroatoms. The summed E-state index contributed by atoms with van der Waals surface area (Å²) >= 11 is 9.72. The summed E-state index contributed by atoms with van der Waals surface area (Å²) in [6, 6.07) is 14.8. The molecule has 2 nitrogen and oxygen atoms in total. The van der Waals surface area contributed by atoms with Crippen LogP contribution in [0.2, 0.25) is 5.02 Å². The summed E-state index contributed by atoms with van der Waals surface area (Å²) in [4.78, 5) is 2.21. The van der Waals surface area contributed by atoms with Crippen LogP contribution in [0.4, 0.5) is 5.69 Å². The maximum atomic E-state index is 6.04. The summed E-state index contributed by atoms with van der Waals surface area (Å²) in [7, 11) is 4.06. The van der Waals surface area contributed by atoms with Crippen LogP contribution in [-0.4, -0.2) is 14.1 Å². The third-order valence-electron chi connectivity index (χ3n) is 3.62. The highest BCUT2D eigenvalue weighted by Crippen LogP contribution is 2.29. The predicted molar refractivity (Wildman–Crippen MR) is 95.2 cm³/mol. The number of halogens is 2. The maximum Gasteiger partial charge on any atom is 0.0511 e. The highest BCUT2D eigenvalue weighted by molar-refractivity contribution is 9.10. The minimum Gasteiger partial charge on any atom is -0.369 e. The number of nitrogens with one attached hydrogen (secondary N) is 1. The van der Waals surface area contributed by atoms with Gasteiger partial charge in [0.05, 0.1) is 5.69 Å². The van der Waals surface area contributed by atoms with Crippen LogP contribution in [0.25, 0.3) is 0 Å². The molecule has 0 saturated carbocycles. The first-order chi connectivity index (χ1) is 10.0. The highest BCUT2D eigenvalue weighted by Gasteiger charge is 2.10. The summed E-state index contributed by atoms with van der Waals surface area (Å²) in [5.74, 6) is 0. The fourth-order valence-corrected chi connectivity index (χ4v) is 3.18. The van der Waals surface area contributed by atoms with E-state index in [0.717, 1.165) is 16.0 Å². The summed E-state index contributed by atoms with van der Waals surface area (Å²) < 4.78 is 1.10. The largest absolute Gasteiger partial charge is 0.369 e. The van der Waals surface area contributed by atoms with Gasteiger partial charge in [0.2, 0.25) is 0 Å². The number of nitrogens with zero attached hydrogens (tertiary/aromatic N) is 1. The van der Waals surface area contributed by atoms with E-state index in [-0.39, 0.29) is 0 Å². The highest BCUT2D eigenvalue weighted by atomic mass is 79.9. The molecule has 112 valence electrons. The van der Waals surface area contributed by atoms with Gasteiger partial charge in [-0.25, -0.2) is 0 Å². The predicted octanol–water partition coefficient (Wildman–Crippen LogP) is 5.02. The lowest BCUT2D eigenvalue weighted by Gasteiger charge is -2.22. The molecule has 1 unspecified atom stereocenters. The minimum absolute atomic E-state index is 0.341. The van der Waals surface area contributed by atoms with Crippen LogP contribution < -0.4 is 10.2 Å². The minimum atomic E-state index is 0.341. The zero-order chi connectivity index (χ0) is 15.4. The molecule has 0 amide bonds. The summed E-state index contributed by atoms with van der Waals surface area (Å²) in [6.45, 7) is 2.97. The van der Waals surface area contributed by atoms with Crippen molar-refractivity contribution in [3.05, 3.63) is 63.1 Å². The third-order valence-corrected chi connectivity index (χ3v) is 4.50. The molecule has 2 aromatic carbocycles. The Morgan fingerprint density at radius 3 is 2.62 bits per heavy atom. The Morgan fingerprint density at radius 1 is 1.24 bits per heavy atom. The van der Waals surface area contributed by atoms with Gasteiger partial charge in [-0.3, -0.25) is 0 Å². The van der Waals surface area contributed by atoms with Gasteiger partial charge in [0.25, 0.3) is 0 Å². The summed E-state index contributed by atoms with van der Waals surface area (Å²) in [6.07, 6.45) is 0. The first-order valence-electron chi connectivity index (χ1n) is 6.93. The van der Waals surface area contributed by atoms with E-state index in [1.165, 1.54) is 16.8 Å². The molecule has 1 atom stereocenters. The number of anilines is 1. The average Bonchev–Trinajstić information content (AvgIpc) is 2.46. The molecule has 1 N–H and O–H groups in total. The van der Waals surface area contributed by atoms with Crippen LogP contribution >= 0.6 is 27.5 Å². The molecule has 21 heavy (non-hydrogen) atoms. The van der Waals surface area contributed by atoms with Crippen molar-refractivity contribution in [2.24, 2.45) is 0 Å². The van der Waals surface area contributed by atoms with Gasteiger partial charge in [-0.1, -0.05) is 29.8 Å². The molecule has 0 heterocycles. The van der Waals surface area contributed by atoms with Crippen molar-refractivity contribution in [3.8, 4) is 0 Å². The average molecular weight is 368 g/mol. The molecule has 0 fully saturated rings. The molecule has 0 radical (unpaired) electrons. The van der Waals surface area contributed by atoms with Crippen LogP contribution in [0, 0.1) is 0 Å². The van der Waals surface area contributed by atoms with E-state index in [1.54, 1.807) is 0 Å². The van der Waals surface area contributed by atoms with Crippen LogP contribution in [0.3, 0.4) is 0 Å². The lowest BCUT2D eigenvalue weighted by Crippen LogP contribution is -2.17. The Labute approximate surface area is 140 Å². The zero-order valence-electron chi connectivity index (χ0n) is 12.5. The number of hydrogen-bond acceptors (Lipinski definition) is 2. The van der Waals surface area contributed by atoms with Crippen molar-refractivity contribution in [2.45, 2.75) is 19.5 Å². The Bertz CT molecular complexity index is 615. The van der Waals surface area contributed by atoms with Crippen LogP contribution in [0.1, 0.15) is 24.1 Å². The van der Waals surface area contributed by atoms with Gasteiger partial charge < -0.3 is 10.2 Å². The summed E-state index contributed by atoms with van der Waals surface area (Å²) in [5.41, 5.74) is 3.64. The second-order valence-electron chi connectivity index (χ2n) is 5.21. The molecule has 0 aliphatic carbocycles. The Balaban J connectivity index is 2.17. The molecule has 2 rings (SSSR count). The molecule has 0 saturated heterocycles. The van der Waals surface area contributed by atoms with Crippen molar-refractivity contribution in [1.29, 1.82) is 0 Å². The van der Waals surface area contributed by atoms with Crippen LogP contribution in [-0.2, 0) is 6.54 Å². The van der Waals surface area contributed by atoms with Crippen molar-refractivity contribution in [1.82, 2.24) is 5.32 Å². The van der Waals surface area contributed by atoms with Gasteiger partial charge in [-0.05, 0) is 65.3 Å². The molecule has 0 aromatic heterocycles. The van der Waals surface area contributed by atoms with Gasteiger partial charge in [-0.15, -0.1) is 0 Å². The third kappa shape index (κ3) is 4.22. The molecular formula is C17H20BrClN2. The van der Waals surface area contributed by atoms with E-state index in [4.69, 9.17) is 11.6 Å². The summed E-state index contributed by atoms with van der Waals surface area (Å²) in [5, 5.41) is 4.03. The van der Waals surface area contributed by atoms with Crippen LogP contribution in [0.5, 0.6) is 0 Å². The van der Waals surface area contributed by atoms with E-state index >= 15 is 0 Å². The Hall–Kier alpha value is -1.03. The molecule has 0 aliphatic heterocycles. The van der Waals surface area contributed by atoms with Gasteiger partial charge in [-0.2, -0.15) is 0 Å². The Morgan fingerprint density at radius 2 is 2.00 bits per heavy atom. The molecule has 0 spiro atoms. The van der Waals surface area contributed by atoms with Gasteiger partial charge >= 0.3 is 0 Å². The smallest absolute Gasteiger partial charge is 0.0511 e. The van der Waals surface area contributed by atoms with Gasteiger partial charge in [0, 0.05) is 29.1 Å². The monoisotopic (exact) mass is 366 g/mol.